The largest absolute Gasteiger partial charge is 0.475 e. The van der Waals surface area contributed by atoms with E-state index >= 15 is 0 Å². The molecule has 2 aliphatic heterocycles. The third-order valence-electron chi connectivity index (χ3n) is 3.95. The summed E-state index contributed by atoms with van der Waals surface area (Å²) < 4.78 is 61.9. The predicted molar refractivity (Wildman–Crippen MR) is 103 cm³/mol. The Morgan fingerprint density at radius 3 is 2.39 bits per heavy atom. The molecule has 158 valence electrons. The maximum Gasteiger partial charge on any atom is 0.475 e. The second-order valence-electron chi connectivity index (χ2n) is 6.39. The van der Waals surface area contributed by atoms with Crippen LogP contribution in [0.1, 0.15) is 12.8 Å². The van der Waals surface area contributed by atoms with Crippen LogP contribution in [0.25, 0.3) is 0 Å². The standard InChI is InChI=1S/C13H23B2O10PS2/c1-28(19,20)27-3-2-21-26(18,22-7-11-8(17)4-12(14)24-11)25-9-5-13(15)23-10(9)6-16/h8-13,16-17H,2-7H2,1H3/t8?,9?,10-,11-,12-,13-,26+/m1/s1. The predicted octanol–water partition coefficient (Wildman–Crippen LogP) is -0.874. The Labute approximate surface area is 170 Å². The van der Waals surface area contributed by atoms with Crippen LogP contribution in [0.3, 0.4) is 0 Å². The maximum absolute atomic E-state index is 13.0. The molecular formula is C13H23B2O10PS2. The first-order valence-electron chi connectivity index (χ1n) is 8.54. The Kier molecular flexibility index (Phi) is 9.34. The van der Waals surface area contributed by atoms with Crippen molar-refractivity contribution in [3.05, 3.63) is 0 Å². The van der Waals surface area contributed by atoms with Gasteiger partial charge >= 0.3 is 7.82 Å². The highest BCUT2D eigenvalue weighted by atomic mass is 33.1. The number of aliphatic hydroxyl groups is 2. The average Bonchev–Trinajstić information content (AvgIpc) is 3.09. The van der Waals surface area contributed by atoms with Gasteiger partial charge in [-0.05, 0) is 23.6 Å². The lowest BCUT2D eigenvalue weighted by atomic mass is 9.96. The molecule has 10 nitrogen and oxygen atoms in total. The highest BCUT2D eigenvalue weighted by Crippen LogP contribution is 2.52. The van der Waals surface area contributed by atoms with E-state index in [1.807, 2.05) is 0 Å². The molecule has 2 saturated heterocycles. The first-order chi connectivity index (χ1) is 13.0. The lowest BCUT2D eigenvalue weighted by molar-refractivity contribution is -0.0293. The zero-order valence-corrected chi connectivity index (χ0v) is 17.8. The minimum Gasteiger partial charge on any atom is -0.394 e. The van der Waals surface area contributed by atoms with Gasteiger partial charge in [-0.1, -0.05) is 0 Å². The summed E-state index contributed by atoms with van der Waals surface area (Å²) in [5, 5.41) is 19.2. The third-order valence-corrected chi connectivity index (χ3v) is 7.99. The molecule has 28 heavy (non-hydrogen) atoms. The summed E-state index contributed by atoms with van der Waals surface area (Å²) in [6.45, 7) is -0.984. The average molecular weight is 456 g/mol. The molecule has 0 amide bonds. The van der Waals surface area contributed by atoms with Crippen molar-refractivity contribution in [2.45, 2.75) is 49.3 Å². The van der Waals surface area contributed by atoms with E-state index in [-0.39, 0.29) is 31.8 Å². The highest BCUT2D eigenvalue weighted by Gasteiger charge is 2.41. The van der Waals surface area contributed by atoms with Gasteiger partial charge in [0.2, 0.25) is 0 Å². The summed E-state index contributed by atoms with van der Waals surface area (Å²) in [6, 6.07) is -1.38. The lowest BCUT2D eigenvalue weighted by Gasteiger charge is -2.25. The van der Waals surface area contributed by atoms with Gasteiger partial charge in [0.1, 0.15) is 27.9 Å². The van der Waals surface area contributed by atoms with Crippen LogP contribution in [0, 0.1) is 0 Å². The Bertz CT molecular complexity index is 653. The Hall–Kier alpha value is 0.380. The third kappa shape index (κ3) is 7.90. The van der Waals surface area contributed by atoms with E-state index in [1.54, 1.807) is 0 Å². The van der Waals surface area contributed by atoms with Crippen molar-refractivity contribution in [3.8, 4) is 0 Å². The van der Waals surface area contributed by atoms with E-state index in [9.17, 15) is 23.2 Å². The molecule has 0 aliphatic carbocycles. The molecule has 15 heteroatoms. The normalized spacial score (nSPS) is 35.8. The molecule has 4 radical (unpaired) electrons. The van der Waals surface area contributed by atoms with Crippen LogP contribution in [-0.2, 0) is 36.5 Å². The Morgan fingerprint density at radius 1 is 1.18 bits per heavy atom. The van der Waals surface area contributed by atoms with E-state index in [2.05, 4.69) is 0 Å². The summed E-state index contributed by atoms with van der Waals surface area (Å²) in [4.78, 5) is 0. The zero-order valence-electron chi connectivity index (χ0n) is 15.3. The van der Waals surface area contributed by atoms with E-state index in [4.69, 9.17) is 38.7 Å². The number of phosphoric ester groups is 1. The molecule has 2 aliphatic rings. The minimum atomic E-state index is -4.21. The Balaban J connectivity index is 1.98. The number of hydrogen-bond acceptors (Lipinski definition) is 11. The van der Waals surface area contributed by atoms with E-state index < -0.39 is 59.7 Å². The molecule has 0 aromatic rings. The fraction of sp³-hybridized carbons (Fsp3) is 1.00. The highest BCUT2D eigenvalue weighted by molar-refractivity contribution is 8.71. The number of aliphatic hydroxyl groups excluding tert-OH is 2. The van der Waals surface area contributed by atoms with Crippen molar-refractivity contribution in [1.82, 2.24) is 0 Å². The van der Waals surface area contributed by atoms with Crippen molar-refractivity contribution in [1.29, 1.82) is 0 Å². The van der Waals surface area contributed by atoms with Gasteiger partial charge in [-0.15, -0.1) is 0 Å². The van der Waals surface area contributed by atoms with Crippen molar-refractivity contribution in [2.24, 2.45) is 0 Å². The molecule has 2 fully saturated rings. The van der Waals surface area contributed by atoms with Crippen LogP contribution < -0.4 is 0 Å². The smallest absolute Gasteiger partial charge is 0.394 e. The van der Waals surface area contributed by atoms with Gasteiger partial charge in [0.15, 0.2) is 8.87 Å². The van der Waals surface area contributed by atoms with Crippen LogP contribution >= 0.6 is 18.6 Å². The van der Waals surface area contributed by atoms with Crippen LogP contribution in [0.5, 0.6) is 0 Å². The first-order valence-corrected chi connectivity index (χ1v) is 13.4. The topological polar surface area (TPSA) is 138 Å². The molecule has 2 unspecified atom stereocenters. The number of ether oxygens (including phenoxy) is 2. The molecule has 0 spiro atoms. The Morgan fingerprint density at radius 2 is 1.82 bits per heavy atom. The molecule has 7 atom stereocenters. The van der Waals surface area contributed by atoms with Crippen LogP contribution in [0.2, 0.25) is 0 Å². The molecule has 2 N–H and O–H groups in total. The molecule has 2 heterocycles. The van der Waals surface area contributed by atoms with E-state index in [1.165, 1.54) is 0 Å². The van der Waals surface area contributed by atoms with Crippen molar-refractivity contribution in [2.75, 3.05) is 31.8 Å². The van der Waals surface area contributed by atoms with Crippen LogP contribution in [-0.4, -0.2) is 103 Å². The summed E-state index contributed by atoms with van der Waals surface area (Å²) in [5.41, 5.74) is 0. The van der Waals surface area contributed by atoms with Gasteiger partial charge in [0, 0.05) is 24.0 Å². The number of phosphoric acid groups is 1. The minimum absolute atomic E-state index is 0.00686. The summed E-state index contributed by atoms with van der Waals surface area (Å²) in [6.07, 6.45) is -2.02. The van der Waals surface area contributed by atoms with Gasteiger partial charge in [0.05, 0.1) is 32.0 Å². The van der Waals surface area contributed by atoms with Gasteiger partial charge in [-0.2, -0.15) is 0 Å². The molecule has 0 aromatic heterocycles. The van der Waals surface area contributed by atoms with Crippen molar-refractivity contribution < 1.29 is 46.2 Å². The fourth-order valence-electron chi connectivity index (χ4n) is 2.69. The molecule has 0 saturated carbocycles. The molecule has 0 aromatic carbocycles. The fourth-order valence-corrected chi connectivity index (χ4v) is 5.78. The second-order valence-corrected chi connectivity index (χ2v) is 12.6. The van der Waals surface area contributed by atoms with Gasteiger partial charge in [0.25, 0.3) is 0 Å². The molecular weight excluding hydrogens is 433 g/mol. The van der Waals surface area contributed by atoms with E-state index in [0.717, 1.165) is 6.26 Å². The number of hydrogen-bond donors (Lipinski definition) is 2. The summed E-state index contributed by atoms with van der Waals surface area (Å²) >= 11 is 0. The second kappa shape index (κ2) is 10.6. The lowest BCUT2D eigenvalue weighted by Crippen LogP contribution is -2.29. The van der Waals surface area contributed by atoms with Crippen molar-refractivity contribution in [3.63, 3.8) is 0 Å². The number of rotatable bonds is 11. The van der Waals surface area contributed by atoms with Crippen molar-refractivity contribution >= 4 is 43.2 Å². The maximum atomic E-state index is 13.0. The first kappa shape index (κ1) is 24.6. The quantitative estimate of drug-likeness (QED) is 0.174. The van der Waals surface area contributed by atoms with Crippen LogP contribution in [0.4, 0.5) is 0 Å². The molecule has 0 bridgehead atoms. The van der Waals surface area contributed by atoms with Gasteiger partial charge < -0.3 is 19.7 Å². The summed E-state index contributed by atoms with van der Waals surface area (Å²) in [7, 11) is 4.36. The monoisotopic (exact) mass is 456 g/mol. The van der Waals surface area contributed by atoms with Gasteiger partial charge in [-0.25, -0.2) is 13.0 Å². The summed E-state index contributed by atoms with van der Waals surface area (Å²) in [5.74, 6) is -0.00686. The zero-order chi connectivity index (χ0) is 20.9. The molecule has 2 rings (SSSR count). The van der Waals surface area contributed by atoms with E-state index in [0.29, 0.717) is 10.8 Å². The van der Waals surface area contributed by atoms with Crippen LogP contribution in [0.15, 0.2) is 0 Å². The van der Waals surface area contributed by atoms with Gasteiger partial charge in [-0.3, -0.25) is 13.6 Å². The SMILES string of the molecule is [B][C@H]1CC(O)[C@@H](CO[P@](=O)(OCCSS(C)(=O)=O)OC2C[C@H]([B])O[C@@H]2CO)O1.